The number of primary amides is 1. The maximum atomic E-state index is 10.6. The molecule has 1 aromatic rings. The van der Waals surface area contributed by atoms with Crippen molar-refractivity contribution in [3.8, 4) is 5.75 Å². The summed E-state index contributed by atoms with van der Waals surface area (Å²) in [4.78, 5) is 10.6. The SMILES string of the molecule is CCCCOc1ccc(C[C@H](O)CC(N)=O)cc1. The van der Waals surface area contributed by atoms with Crippen LogP contribution in [-0.2, 0) is 11.2 Å². The number of unbranched alkanes of at least 4 members (excludes halogenated alkanes) is 1. The molecule has 1 amide bonds. The third-order valence-corrected chi connectivity index (χ3v) is 2.60. The Hall–Kier alpha value is -1.55. The summed E-state index contributed by atoms with van der Waals surface area (Å²) in [5.41, 5.74) is 5.98. The molecule has 0 aliphatic rings. The fourth-order valence-electron chi connectivity index (χ4n) is 1.63. The van der Waals surface area contributed by atoms with Gasteiger partial charge in [0.25, 0.3) is 0 Å². The number of ether oxygens (including phenoxy) is 1. The number of carbonyl (C=O) groups is 1. The van der Waals surface area contributed by atoms with E-state index in [0.29, 0.717) is 6.42 Å². The first-order valence-electron chi connectivity index (χ1n) is 6.30. The molecule has 0 fully saturated rings. The van der Waals surface area contributed by atoms with E-state index in [9.17, 15) is 9.90 Å². The van der Waals surface area contributed by atoms with Gasteiger partial charge in [-0.1, -0.05) is 25.5 Å². The maximum absolute atomic E-state index is 10.6. The fraction of sp³-hybridized carbons (Fsp3) is 0.500. The second-order valence-electron chi connectivity index (χ2n) is 4.37. The lowest BCUT2D eigenvalue weighted by Crippen LogP contribution is -2.21. The Labute approximate surface area is 108 Å². The van der Waals surface area contributed by atoms with E-state index in [0.717, 1.165) is 30.8 Å². The van der Waals surface area contributed by atoms with Crippen LogP contribution in [-0.4, -0.2) is 23.7 Å². The standard InChI is InChI=1S/C14H21NO3/c1-2-3-8-18-13-6-4-11(5-7-13)9-12(16)10-14(15)17/h4-7,12,16H,2-3,8-10H2,1H3,(H2,15,17)/t12-/m0/s1. The van der Waals surface area contributed by atoms with Crippen molar-refractivity contribution in [1.82, 2.24) is 0 Å². The van der Waals surface area contributed by atoms with Crippen LogP contribution in [0.15, 0.2) is 24.3 Å². The maximum Gasteiger partial charge on any atom is 0.220 e. The van der Waals surface area contributed by atoms with Gasteiger partial charge in [-0.3, -0.25) is 4.79 Å². The summed E-state index contributed by atoms with van der Waals surface area (Å²) in [6.07, 6.45) is 1.86. The number of aliphatic hydroxyl groups is 1. The summed E-state index contributed by atoms with van der Waals surface area (Å²) in [7, 11) is 0. The minimum absolute atomic E-state index is 0.00521. The predicted octanol–water partition coefficient (Wildman–Crippen LogP) is 1.64. The fourth-order valence-corrected chi connectivity index (χ4v) is 1.63. The molecular formula is C14H21NO3. The monoisotopic (exact) mass is 251 g/mol. The molecule has 1 aromatic carbocycles. The Kier molecular flexibility index (Phi) is 6.22. The predicted molar refractivity (Wildman–Crippen MR) is 70.4 cm³/mol. The third kappa shape index (κ3) is 5.68. The van der Waals surface area contributed by atoms with Gasteiger partial charge in [-0.05, 0) is 30.5 Å². The second kappa shape index (κ2) is 7.71. The molecule has 0 aliphatic carbocycles. The highest BCUT2D eigenvalue weighted by atomic mass is 16.5. The van der Waals surface area contributed by atoms with Gasteiger partial charge in [0.05, 0.1) is 19.1 Å². The molecule has 0 aromatic heterocycles. The van der Waals surface area contributed by atoms with Gasteiger partial charge in [-0.15, -0.1) is 0 Å². The Bertz CT molecular complexity index is 362. The van der Waals surface area contributed by atoms with Crippen LogP contribution in [0.2, 0.25) is 0 Å². The van der Waals surface area contributed by atoms with Gasteiger partial charge in [-0.2, -0.15) is 0 Å². The van der Waals surface area contributed by atoms with Crippen LogP contribution in [0.5, 0.6) is 5.75 Å². The summed E-state index contributed by atoms with van der Waals surface area (Å²) >= 11 is 0. The number of amides is 1. The Balaban J connectivity index is 2.42. The van der Waals surface area contributed by atoms with Crippen LogP contribution in [0.4, 0.5) is 0 Å². The first-order chi connectivity index (χ1) is 8.61. The first-order valence-corrected chi connectivity index (χ1v) is 6.30. The van der Waals surface area contributed by atoms with Crippen molar-refractivity contribution in [3.05, 3.63) is 29.8 Å². The molecule has 1 atom stereocenters. The normalized spacial score (nSPS) is 12.1. The first kappa shape index (κ1) is 14.5. The molecule has 0 saturated heterocycles. The number of aliphatic hydroxyl groups excluding tert-OH is 1. The number of hydrogen-bond acceptors (Lipinski definition) is 3. The Morgan fingerprint density at radius 1 is 1.39 bits per heavy atom. The summed E-state index contributed by atoms with van der Waals surface area (Å²) in [5.74, 6) is 0.346. The number of nitrogens with two attached hydrogens (primary N) is 1. The molecule has 0 saturated carbocycles. The quantitative estimate of drug-likeness (QED) is 0.690. The molecule has 3 N–H and O–H groups in total. The topological polar surface area (TPSA) is 72.6 Å². The highest BCUT2D eigenvalue weighted by molar-refractivity contribution is 5.74. The van der Waals surface area contributed by atoms with Crippen LogP contribution in [0.25, 0.3) is 0 Å². The van der Waals surface area contributed by atoms with Crippen molar-refractivity contribution in [2.75, 3.05) is 6.61 Å². The number of benzene rings is 1. The van der Waals surface area contributed by atoms with E-state index in [1.165, 1.54) is 0 Å². The average molecular weight is 251 g/mol. The van der Waals surface area contributed by atoms with Crippen LogP contribution in [0.1, 0.15) is 31.7 Å². The van der Waals surface area contributed by atoms with E-state index in [1.807, 2.05) is 24.3 Å². The largest absolute Gasteiger partial charge is 0.494 e. The van der Waals surface area contributed by atoms with Gasteiger partial charge in [-0.25, -0.2) is 0 Å². The van der Waals surface area contributed by atoms with E-state index in [2.05, 4.69) is 6.92 Å². The molecule has 4 nitrogen and oxygen atoms in total. The van der Waals surface area contributed by atoms with Gasteiger partial charge in [0.1, 0.15) is 5.75 Å². The smallest absolute Gasteiger partial charge is 0.220 e. The van der Waals surface area contributed by atoms with Gasteiger partial charge < -0.3 is 15.6 Å². The lowest BCUT2D eigenvalue weighted by atomic mass is 10.1. The van der Waals surface area contributed by atoms with Gasteiger partial charge in [0, 0.05) is 0 Å². The van der Waals surface area contributed by atoms with Crippen LogP contribution in [0, 0.1) is 0 Å². The minimum Gasteiger partial charge on any atom is -0.494 e. The molecule has 100 valence electrons. The van der Waals surface area contributed by atoms with Crippen molar-refractivity contribution in [1.29, 1.82) is 0 Å². The van der Waals surface area contributed by atoms with E-state index < -0.39 is 12.0 Å². The molecule has 0 aliphatic heterocycles. The van der Waals surface area contributed by atoms with Crippen molar-refractivity contribution < 1.29 is 14.6 Å². The third-order valence-electron chi connectivity index (χ3n) is 2.60. The van der Waals surface area contributed by atoms with Crippen molar-refractivity contribution in [2.45, 2.75) is 38.7 Å². The van der Waals surface area contributed by atoms with Gasteiger partial charge in [0.2, 0.25) is 5.91 Å². The molecule has 0 spiro atoms. The Morgan fingerprint density at radius 3 is 2.61 bits per heavy atom. The van der Waals surface area contributed by atoms with Crippen molar-refractivity contribution >= 4 is 5.91 Å². The zero-order chi connectivity index (χ0) is 13.4. The van der Waals surface area contributed by atoms with E-state index in [-0.39, 0.29) is 6.42 Å². The Morgan fingerprint density at radius 2 is 2.06 bits per heavy atom. The number of carbonyl (C=O) groups excluding carboxylic acids is 1. The number of hydrogen-bond donors (Lipinski definition) is 2. The number of rotatable bonds is 8. The zero-order valence-electron chi connectivity index (χ0n) is 10.8. The molecule has 18 heavy (non-hydrogen) atoms. The van der Waals surface area contributed by atoms with E-state index >= 15 is 0 Å². The van der Waals surface area contributed by atoms with Crippen molar-refractivity contribution in [2.24, 2.45) is 5.73 Å². The molecule has 0 radical (unpaired) electrons. The highest BCUT2D eigenvalue weighted by Gasteiger charge is 2.08. The second-order valence-corrected chi connectivity index (χ2v) is 4.37. The van der Waals surface area contributed by atoms with Gasteiger partial charge >= 0.3 is 0 Å². The molecule has 4 heteroatoms. The lowest BCUT2D eigenvalue weighted by Gasteiger charge is -2.09. The van der Waals surface area contributed by atoms with Crippen LogP contribution >= 0.6 is 0 Å². The molecular weight excluding hydrogens is 230 g/mol. The summed E-state index contributed by atoms with van der Waals surface area (Å²) in [6, 6.07) is 7.54. The average Bonchev–Trinajstić information content (AvgIpc) is 2.30. The van der Waals surface area contributed by atoms with E-state index in [1.54, 1.807) is 0 Å². The summed E-state index contributed by atoms with van der Waals surface area (Å²) < 4.78 is 5.53. The highest BCUT2D eigenvalue weighted by Crippen LogP contribution is 2.14. The molecule has 0 bridgehead atoms. The molecule has 0 heterocycles. The molecule has 1 rings (SSSR count). The van der Waals surface area contributed by atoms with Gasteiger partial charge in [0.15, 0.2) is 0 Å². The zero-order valence-corrected chi connectivity index (χ0v) is 10.8. The minimum atomic E-state index is -0.714. The molecule has 0 unspecified atom stereocenters. The lowest BCUT2D eigenvalue weighted by molar-refractivity contribution is -0.119. The van der Waals surface area contributed by atoms with E-state index in [4.69, 9.17) is 10.5 Å². The van der Waals surface area contributed by atoms with Crippen LogP contribution < -0.4 is 10.5 Å². The summed E-state index contributed by atoms with van der Waals surface area (Å²) in [6.45, 7) is 2.84. The summed E-state index contributed by atoms with van der Waals surface area (Å²) in [5, 5.41) is 9.58. The van der Waals surface area contributed by atoms with Crippen molar-refractivity contribution in [3.63, 3.8) is 0 Å². The van der Waals surface area contributed by atoms with Crippen LogP contribution in [0.3, 0.4) is 0 Å².